The first-order valence-corrected chi connectivity index (χ1v) is 7.58. The zero-order valence-corrected chi connectivity index (χ0v) is 12.6. The average molecular weight is 276 g/mol. The number of nitrogens with zero attached hydrogens (tertiary/aromatic N) is 3. The second-order valence-electron chi connectivity index (χ2n) is 6.10. The maximum atomic E-state index is 5.76. The van der Waals surface area contributed by atoms with Crippen molar-refractivity contribution in [1.29, 1.82) is 0 Å². The summed E-state index contributed by atoms with van der Waals surface area (Å²) in [7, 11) is 0. The van der Waals surface area contributed by atoms with Gasteiger partial charge in [-0.05, 0) is 33.6 Å². The van der Waals surface area contributed by atoms with Gasteiger partial charge >= 0.3 is 0 Å². The Kier molecular flexibility index (Phi) is 3.89. The molecule has 5 heteroatoms. The zero-order chi connectivity index (χ0) is 14.1. The third kappa shape index (κ3) is 3.27. The predicted molar refractivity (Wildman–Crippen MR) is 78.9 cm³/mol. The lowest BCUT2D eigenvalue weighted by molar-refractivity contribution is -0.00573. The van der Waals surface area contributed by atoms with Crippen LogP contribution in [0.25, 0.3) is 0 Å². The number of hydrogen-bond acceptors (Lipinski definition) is 5. The molecule has 1 aliphatic heterocycles. The van der Waals surface area contributed by atoms with Crippen molar-refractivity contribution < 1.29 is 4.74 Å². The Bertz CT molecular complexity index is 465. The molecule has 1 saturated heterocycles. The number of aryl methyl sites for hydroxylation is 1. The fourth-order valence-electron chi connectivity index (χ4n) is 2.69. The molecule has 0 aromatic carbocycles. The number of nitrogens with one attached hydrogen (secondary N) is 1. The highest BCUT2D eigenvalue weighted by Gasteiger charge is 2.24. The molecule has 1 aromatic rings. The van der Waals surface area contributed by atoms with Gasteiger partial charge in [0.05, 0.1) is 12.2 Å². The highest BCUT2D eigenvalue weighted by molar-refractivity contribution is 5.34. The second-order valence-corrected chi connectivity index (χ2v) is 6.10. The van der Waals surface area contributed by atoms with Crippen LogP contribution in [-0.4, -0.2) is 41.3 Å². The Hall–Kier alpha value is -1.20. The van der Waals surface area contributed by atoms with Gasteiger partial charge in [0.25, 0.3) is 0 Å². The molecule has 0 radical (unpaired) electrons. The molecule has 5 nitrogen and oxygen atoms in total. The maximum Gasteiger partial charge on any atom is 0.225 e. The summed E-state index contributed by atoms with van der Waals surface area (Å²) in [5.74, 6) is 0.833. The minimum Gasteiger partial charge on any atom is -0.372 e. The standard InChI is InChI=1S/C15H24N4O/c1-10-8-19(9-11(2)20-10)15-17-7-13(12(3)18-15)6-16-14-4-5-14/h7,10-11,14,16H,4-6,8-9H2,1-3H3/t10-,11+. The highest BCUT2D eigenvalue weighted by Crippen LogP contribution is 2.21. The van der Waals surface area contributed by atoms with Crippen molar-refractivity contribution in [3.63, 3.8) is 0 Å². The van der Waals surface area contributed by atoms with Gasteiger partial charge in [-0.15, -0.1) is 0 Å². The summed E-state index contributed by atoms with van der Waals surface area (Å²) in [6, 6.07) is 0.718. The molecule has 2 fully saturated rings. The first-order valence-electron chi connectivity index (χ1n) is 7.58. The normalized spacial score (nSPS) is 26.9. The minimum absolute atomic E-state index is 0.235. The molecule has 3 rings (SSSR count). The van der Waals surface area contributed by atoms with Gasteiger partial charge < -0.3 is 15.0 Å². The molecule has 2 heterocycles. The molecule has 0 amide bonds. The van der Waals surface area contributed by atoms with Crippen LogP contribution in [0.2, 0.25) is 0 Å². The molecule has 110 valence electrons. The summed E-state index contributed by atoms with van der Waals surface area (Å²) in [5, 5.41) is 3.51. The van der Waals surface area contributed by atoms with Crippen LogP contribution in [0.5, 0.6) is 0 Å². The van der Waals surface area contributed by atoms with Crippen LogP contribution in [0.1, 0.15) is 37.9 Å². The van der Waals surface area contributed by atoms with Gasteiger partial charge in [0, 0.05) is 43.1 Å². The summed E-state index contributed by atoms with van der Waals surface area (Å²) in [4.78, 5) is 11.5. The lowest BCUT2D eigenvalue weighted by Crippen LogP contribution is -2.46. The molecule has 20 heavy (non-hydrogen) atoms. The van der Waals surface area contributed by atoms with Crippen molar-refractivity contribution in [1.82, 2.24) is 15.3 Å². The van der Waals surface area contributed by atoms with Gasteiger partial charge in [-0.3, -0.25) is 0 Å². The van der Waals surface area contributed by atoms with E-state index < -0.39 is 0 Å². The predicted octanol–water partition coefficient (Wildman–Crippen LogP) is 1.65. The molecule has 0 unspecified atom stereocenters. The van der Waals surface area contributed by atoms with E-state index in [1.165, 1.54) is 18.4 Å². The lowest BCUT2D eigenvalue weighted by atomic mass is 10.2. The molecule has 1 aliphatic carbocycles. The molecule has 0 spiro atoms. The molecule has 2 aliphatic rings. The topological polar surface area (TPSA) is 50.3 Å². The zero-order valence-electron chi connectivity index (χ0n) is 12.6. The quantitative estimate of drug-likeness (QED) is 0.906. The van der Waals surface area contributed by atoms with Crippen LogP contribution >= 0.6 is 0 Å². The molecule has 2 atom stereocenters. The van der Waals surface area contributed by atoms with E-state index >= 15 is 0 Å². The van der Waals surface area contributed by atoms with E-state index in [4.69, 9.17) is 4.74 Å². The van der Waals surface area contributed by atoms with E-state index in [0.29, 0.717) is 0 Å². The highest BCUT2D eigenvalue weighted by atomic mass is 16.5. The number of ether oxygens (including phenoxy) is 1. The van der Waals surface area contributed by atoms with E-state index in [0.717, 1.165) is 37.3 Å². The molecule has 1 N–H and O–H groups in total. The first kappa shape index (κ1) is 13.8. The smallest absolute Gasteiger partial charge is 0.225 e. The van der Waals surface area contributed by atoms with Crippen LogP contribution in [0.4, 0.5) is 5.95 Å². The lowest BCUT2D eigenvalue weighted by Gasteiger charge is -2.35. The fraction of sp³-hybridized carbons (Fsp3) is 0.733. The molecule has 1 saturated carbocycles. The average Bonchev–Trinajstić information content (AvgIpc) is 3.20. The van der Waals surface area contributed by atoms with E-state index in [1.807, 2.05) is 6.20 Å². The number of hydrogen-bond donors (Lipinski definition) is 1. The fourth-order valence-corrected chi connectivity index (χ4v) is 2.69. The Morgan fingerprint density at radius 3 is 2.60 bits per heavy atom. The second kappa shape index (κ2) is 5.66. The van der Waals surface area contributed by atoms with E-state index in [2.05, 4.69) is 41.0 Å². The third-order valence-corrected chi connectivity index (χ3v) is 3.93. The van der Waals surface area contributed by atoms with Crippen LogP contribution in [-0.2, 0) is 11.3 Å². The van der Waals surface area contributed by atoms with Crippen molar-refractivity contribution in [2.45, 2.75) is 58.4 Å². The van der Waals surface area contributed by atoms with Crippen LogP contribution in [0.3, 0.4) is 0 Å². The van der Waals surface area contributed by atoms with Crippen LogP contribution in [0.15, 0.2) is 6.20 Å². The van der Waals surface area contributed by atoms with Gasteiger partial charge in [-0.1, -0.05) is 0 Å². The van der Waals surface area contributed by atoms with Crippen LogP contribution in [0, 0.1) is 6.92 Å². The monoisotopic (exact) mass is 276 g/mol. The Morgan fingerprint density at radius 1 is 1.30 bits per heavy atom. The summed E-state index contributed by atoms with van der Waals surface area (Å²) in [6.45, 7) is 8.88. The third-order valence-electron chi connectivity index (χ3n) is 3.93. The number of morpholine rings is 1. The van der Waals surface area contributed by atoms with E-state index in [-0.39, 0.29) is 12.2 Å². The molecular weight excluding hydrogens is 252 g/mol. The van der Waals surface area contributed by atoms with Crippen molar-refractivity contribution in [2.75, 3.05) is 18.0 Å². The summed E-state index contributed by atoms with van der Waals surface area (Å²) < 4.78 is 5.76. The van der Waals surface area contributed by atoms with Crippen molar-refractivity contribution >= 4 is 5.95 Å². The summed E-state index contributed by atoms with van der Waals surface area (Å²) in [6.07, 6.45) is 5.05. The van der Waals surface area contributed by atoms with Crippen molar-refractivity contribution in [3.05, 3.63) is 17.5 Å². The number of rotatable bonds is 4. The number of aromatic nitrogens is 2. The maximum absolute atomic E-state index is 5.76. The Balaban J connectivity index is 1.68. The molecular formula is C15H24N4O. The SMILES string of the molecule is Cc1nc(N2C[C@@H](C)O[C@@H](C)C2)ncc1CNC1CC1. The largest absolute Gasteiger partial charge is 0.372 e. The van der Waals surface area contributed by atoms with E-state index in [9.17, 15) is 0 Å². The molecule has 0 bridgehead atoms. The van der Waals surface area contributed by atoms with Gasteiger partial charge in [0.1, 0.15) is 0 Å². The van der Waals surface area contributed by atoms with Gasteiger partial charge in [-0.2, -0.15) is 0 Å². The van der Waals surface area contributed by atoms with Crippen molar-refractivity contribution in [3.8, 4) is 0 Å². The minimum atomic E-state index is 0.235. The van der Waals surface area contributed by atoms with Gasteiger partial charge in [-0.25, -0.2) is 9.97 Å². The Morgan fingerprint density at radius 2 is 2.00 bits per heavy atom. The molecule has 1 aromatic heterocycles. The van der Waals surface area contributed by atoms with Crippen LogP contribution < -0.4 is 10.2 Å². The number of anilines is 1. The summed E-state index contributed by atoms with van der Waals surface area (Å²) in [5.41, 5.74) is 2.28. The van der Waals surface area contributed by atoms with Crippen molar-refractivity contribution in [2.24, 2.45) is 0 Å². The van der Waals surface area contributed by atoms with Gasteiger partial charge in [0.15, 0.2) is 0 Å². The van der Waals surface area contributed by atoms with Gasteiger partial charge in [0.2, 0.25) is 5.95 Å². The Labute approximate surface area is 120 Å². The first-order chi connectivity index (χ1) is 9.61. The van der Waals surface area contributed by atoms with E-state index in [1.54, 1.807) is 0 Å². The summed E-state index contributed by atoms with van der Waals surface area (Å²) >= 11 is 0.